The summed E-state index contributed by atoms with van der Waals surface area (Å²) in [6.45, 7) is 17.2. The van der Waals surface area contributed by atoms with E-state index in [0.29, 0.717) is 23.4 Å². The molecular formula is C28H46N4O2. The highest BCUT2D eigenvalue weighted by Gasteiger charge is 2.50. The molecule has 1 aromatic heterocycles. The molecule has 34 heavy (non-hydrogen) atoms. The predicted octanol–water partition coefficient (Wildman–Crippen LogP) is 5.29. The predicted molar refractivity (Wildman–Crippen MR) is 137 cm³/mol. The van der Waals surface area contributed by atoms with Gasteiger partial charge in [0.25, 0.3) is 0 Å². The first-order valence-electron chi connectivity index (χ1n) is 13.6. The van der Waals surface area contributed by atoms with Gasteiger partial charge in [-0.1, -0.05) is 27.7 Å². The average Bonchev–Trinajstić information content (AvgIpc) is 2.82. The third-order valence-electron chi connectivity index (χ3n) is 9.17. The van der Waals surface area contributed by atoms with Crippen molar-refractivity contribution in [2.24, 2.45) is 22.7 Å². The molecule has 3 aliphatic rings. The number of esters is 1. The molecule has 3 atom stereocenters. The van der Waals surface area contributed by atoms with Crippen LogP contribution in [-0.4, -0.2) is 60.2 Å². The topological polar surface area (TPSA) is 58.6 Å². The monoisotopic (exact) mass is 470 g/mol. The first-order chi connectivity index (χ1) is 16.2. The average molecular weight is 471 g/mol. The van der Waals surface area contributed by atoms with E-state index < -0.39 is 0 Å². The van der Waals surface area contributed by atoms with Crippen LogP contribution >= 0.6 is 0 Å². The van der Waals surface area contributed by atoms with Crippen molar-refractivity contribution in [2.45, 2.75) is 85.5 Å². The Morgan fingerprint density at radius 1 is 1.03 bits per heavy atom. The number of carbonyl (C=O) groups excluding carboxylic acids is 1. The molecule has 3 unspecified atom stereocenters. The van der Waals surface area contributed by atoms with Crippen molar-refractivity contribution in [3.05, 3.63) is 18.1 Å². The number of anilines is 1. The minimum absolute atomic E-state index is 0.183. The quantitative estimate of drug-likeness (QED) is 0.399. The number of nitrogens with zero attached hydrogens (tertiary/aromatic N) is 4. The second-order valence-corrected chi connectivity index (χ2v) is 12.3. The number of piperazine rings is 1. The number of hydrogen-bond donors (Lipinski definition) is 0. The molecule has 6 nitrogen and oxygen atoms in total. The summed E-state index contributed by atoms with van der Waals surface area (Å²) in [5.41, 5.74) is 0.888. The fraction of sp³-hybridized carbons (Fsp3) is 0.821. The number of unbranched alkanes of at least 4 members (excludes halogenated alkanes) is 1. The third kappa shape index (κ3) is 5.92. The maximum absolute atomic E-state index is 10.9. The zero-order valence-corrected chi connectivity index (χ0v) is 22.2. The first kappa shape index (κ1) is 25.4. The van der Waals surface area contributed by atoms with Gasteiger partial charge >= 0.3 is 5.97 Å². The molecule has 3 fully saturated rings. The lowest BCUT2D eigenvalue weighted by Gasteiger charge is -2.55. The van der Waals surface area contributed by atoms with Crippen molar-refractivity contribution in [3.63, 3.8) is 0 Å². The maximum Gasteiger partial charge on any atom is 0.302 e. The number of carbonyl (C=O) groups is 1. The molecule has 2 saturated carbocycles. The van der Waals surface area contributed by atoms with E-state index in [1.165, 1.54) is 39.0 Å². The molecule has 0 aromatic carbocycles. The summed E-state index contributed by atoms with van der Waals surface area (Å²) in [4.78, 5) is 25.7. The van der Waals surface area contributed by atoms with Crippen molar-refractivity contribution in [3.8, 4) is 0 Å². The summed E-state index contributed by atoms with van der Waals surface area (Å²) < 4.78 is 5.04. The molecule has 1 aromatic rings. The van der Waals surface area contributed by atoms with Crippen molar-refractivity contribution in [1.82, 2.24) is 14.9 Å². The van der Waals surface area contributed by atoms with Crippen LogP contribution in [-0.2, 0) is 9.53 Å². The molecule has 0 N–H and O–H groups in total. The molecule has 0 radical (unpaired) electrons. The zero-order chi connectivity index (χ0) is 24.3. The summed E-state index contributed by atoms with van der Waals surface area (Å²) in [5, 5.41) is 0. The minimum atomic E-state index is -0.183. The molecule has 4 rings (SSSR count). The molecule has 6 heteroatoms. The van der Waals surface area contributed by atoms with Gasteiger partial charge in [-0.05, 0) is 80.2 Å². The summed E-state index contributed by atoms with van der Waals surface area (Å²) in [6, 6.07) is 2.09. The van der Waals surface area contributed by atoms with Gasteiger partial charge in [0, 0.05) is 45.2 Å². The van der Waals surface area contributed by atoms with Gasteiger partial charge in [0.1, 0.15) is 11.6 Å². The van der Waals surface area contributed by atoms with Gasteiger partial charge in [-0.3, -0.25) is 9.69 Å². The molecule has 2 aliphatic carbocycles. The number of hydrogen-bond acceptors (Lipinski definition) is 6. The van der Waals surface area contributed by atoms with Crippen molar-refractivity contribution in [2.75, 3.05) is 44.2 Å². The lowest BCUT2D eigenvalue weighted by atomic mass is 9.50. The number of aromatic nitrogens is 2. The van der Waals surface area contributed by atoms with Crippen molar-refractivity contribution in [1.29, 1.82) is 0 Å². The van der Waals surface area contributed by atoms with Crippen molar-refractivity contribution < 1.29 is 9.53 Å². The highest BCUT2D eigenvalue weighted by Crippen LogP contribution is 2.59. The van der Waals surface area contributed by atoms with Gasteiger partial charge in [-0.25, -0.2) is 9.97 Å². The Morgan fingerprint density at radius 2 is 1.74 bits per heavy atom. The van der Waals surface area contributed by atoms with E-state index >= 15 is 0 Å². The molecule has 0 spiro atoms. The van der Waals surface area contributed by atoms with E-state index in [1.54, 1.807) is 0 Å². The highest BCUT2D eigenvalue weighted by atomic mass is 16.5. The smallest absolute Gasteiger partial charge is 0.302 e. The number of rotatable bonds is 7. The van der Waals surface area contributed by atoms with Gasteiger partial charge < -0.3 is 9.64 Å². The van der Waals surface area contributed by atoms with Gasteiger partial charge in [0.05, 0.1) is 6.61 Å². The van der Waals surface area contributed by atoms with Crippen LogP contribution in [0.1, 0.15) is 91.3 Å². The lowest BCUT2D eigenvalue weighted by Crippen LogP contribution is -2.47. The highest BCUT2D eigenvalue weighted by molar-refractivity contribution is 5.65. The van der Waals surface area contributed by atoms with Crippen LogP contribution in [0.3, 0.4) is 0 Å². The van der Waals surface area contributed by atoms with E-state index in [2.05, 4.69) is 43.6 Å². The van der Waals surface area contributed by atoms with E-state index in [4.69, 9.17) is 14.7 Å². The molecule has 0 bridgehead atoms. The Bertz CT molecular complexity index is 831. The summed E-state index contributed by atoms with van der Waals surface area (Å²) in [7, 11) is 0. The zero-order valence-electron chi connectivity index (χ0n) is 22.2. The Morgan fingerprint density at radius 3 is 2.44 bits per heavy atom. The Labute approximate surface area is 206 Å². The maximum atomic E-state index is 10.9. The summed E-state index contributed by atoms with van der Waals surface area (Å²) in [5.74, 6) is 4.09. The lowest BCUT2D eigenvalue weighted by molar-refractivity contribution is -0.141. The van der Waals surface area contributed by atoms with Crippen LogP contribution in [0, 0.1) is 22.7 Å². The first-order valence-corrected chi connectivity index (χ1v) is 13.6. The largest absolute Gasteiger partial charge is 0.466 e. The SMILES string of the molecule is CC(=O)OCCCCN1CCN(c2ccnc(C3CCC4C(C3)C(C)(C)CCC4(C)C)n2)CC1. The Hall–Kier alpha value is -1.69. The normalized spacial score (nSPS) is 28.9. The second-order valence-electron chi connectivity index (χ2n) is 12.3. The van der Waals surface area contributed by atoms with Crippen LogP contribution in [0.25, 0.3) is 0 Å². The van der Waals surface area contributed by atoms with Crippen LogP contribution < -0.4 is 4.90 Å². The fourth-order valence-electron chi connectivity index (χ4n) is 6.81. The number of fused-ring (bicyclic) bond motifs is 1. The molecule has 190 valence electrons. The fourth-order valence-corrected chi connectivity index (χ4v) is 6.81. The molecular weight excluding hydrogens is 424 g/mol. The Balaban J connectivity index is 1.31. The van der Waals surface area contributed by atoms with E-state index in [9.17, 15) is 4.79 Å². The third-order valence-corrected chi connectivity index (χ3v) is 9.17. The van der Waals surface area contributed by atoms with E-state index in [1.807, 2.05) is 6.20 Å². The standard InChI is InChI=1S/C28H46N4O2/c1-21(33)34-19-7-6-14-31-15-17-32(18-16-31)25-10-13-29-26(30-25)22-8-9-23-24(20-22)28(4,5)12-11-27(23,2)3/h10,13,22-24H,6-9,11-12,14-20H2,1-5H3. The second kappa shape index (κ2) is 10.5. The van der Waals surface area contributed by atoms with E-state index in [-0.39, 0.29) is 5.97 Å². The van der Waals surface area contributed by atoms with Gasteiger partial charge in [-0.2, -0.15) is 0 Å². The van der Waals surface area contributed by atoms with Gasteiger partial charge in [0.15, 0.2) is 0 Å². The molecule has 2 heterocycles. The minimum Gasteiger partial charge on any atom is -0.466 e. The van der Waals surface area contributed by atoms with Crippen LogP contribution in [0.15, 0.2) is 12.3 Å². The van der Waals surface area contributed by atoms with E-state index in [0.717, 1.165) is 69.0 Å². The van der Waals surface area contributed by atoms with Crippen LogP contribution in [0.5, 0.6) is 0 Å². The van der Waals surface area contributed by atoms with Crippen LogP contribution in [0.4, 0.5) is 5.82 Å². The molecule has 1 saturated heterocycles. The molecule has 0 amide bonds. The van der Waals surface area contributed by atoms with Gasteiger partial charge in [0.2, 0.25) is 0 Å². The Kier molecular flexibility index (Phi) is 7.85. The summed E-state index contributed by atoms with van der Waals surface area (Å²) >= 11 is 0. The molecule has 1 aliphatic heterocycles. The summed E-state index contributed by atoms with van der Waals surface area (Å²) in [6.07, 6.45) is 10.5. The van der Waals surface area contributed by atoms with Gasteiger partial charge in [-0.15, -0.1) is 0 Å². The van der Waals surface area contributed by atoms with Crippen molar-refractivity contribution >= 4 is 11.8 Å². The number of ether oxygens (including phenoxy) is 1. The van der Waals surface area contributed by atoms with Crippen LogP contribution in [0.2, 0.25) is 0 Å².